The minimum absolute atomic E-state index is 0.0145. The van der Waals surface area contributed by atoms with Gasteiger partial charge in [-0.15, -0.1) is 0 Å². The fraction of sp³-hybridized carbons (Fsp3) is 0.411. The molecule has 9 amide bonds. The molecule has 5 aromatic rings. The molecule has 23 heteroatoms. The Balaban J connectivity index is 1.39. The number of aromatic amines is 1. The van der Waals surface area contributed by atoms with Crippen LogP contribution >= 0.6 is 11.8 Å². The van der Waals surface area contributed by atoms with Gasteiger partial charge in [0.15, 0.2) is 0 Å². The van der Waals surface area contributed by atoms with E-state index in [4.69, 9.17) is 17.2 Å². The molecule has 8 atom stereocenters. The summed E-state index contributed by atoms with van der Waals surface area (Å²) < 4.78 is 0. The molecular formula is C56H75N13O9S. The summed E-state index contributed by atoms with van der Waals surface area (Å²) in [5.41, 5.74) is 19.6. The quantitative estimate of drug-likeness (QED) is 0.0249. The number of amides is 9. The molecule has 0 saturated carbocycles. The number of H-pyrrole nitrogens is 1. The van der Waals surface area contributed by atoms with Crippen LogP contribution in [0.4, 0.5) is 0 Å². The maximum Gasteiger partial charge on any atom is 0.244 e. The number of nitrogens with one attached hydrogen (secondary N) is 10. The molecule has 16 N–H and O–H groups in total. The minimum atomic E-state index is -1.34. The highest BCUT2D eigenvalue weighted by Gasteiger charge is 2.34. The second-order valence-corrected chi connectivity index (χ2v) is 20.2. The summed E-state index contributed by atoms with van der Waals surface area (Å²) in [6.07, 6.45) is 5.06. The Kier molecular flexibility index (Phi) is 24.7. The summed E-state index contributed by atoms with van der Waals surface area (Å²) in [5.74, 6) is -5.87. The second kappa shape index (κ2) is 31.5. The lowest BCUT2D eigenvalue weighted by molar-refractivity contribution is -0.135. The fourth-order valence-corrected chi connectivity index (χ4v) is 9.28. The van der Waals surface area contributed by atoms with Gasteiger partial charge in [-0.2, -0.15) is 11.8 Å². The van der Waals surface area contributed by atoms with Crippen molar-refractivity contribution in [2.75, 3.05) is 38.7 Å². The van der Waals surface area contributed by atoms with Crippen LogP contribution in [0.25, 0.3) is 21.7 Å². The van der Waals surface area contributed by atoms with E-state index in [0.29, 0.717) is 41.8 Å². The summed E-state index contributed by atoms with van der Waals surface area (Å²) >= 11 is 1.47. The number of carbonyl (C=O) groups excluding carboxylic acids is 9. The zero-order valence-electron chi connectivity index (χ0n) is 45.0. The number of likely N-dealkylation sites (N-methyl/N-ethyl adjacent to an activating group) is 1. The summed E-state index contributed by atoms with van der Waals surface area (Å²) in [6, 6.07) is 19.6. The van der Waals surface area contributed by atoms with Gasteiger partial charge in [0.1, 0.15) is 48.3 Å². The van der Waals surface area contributed by atoms with E-state index in [1.807, 2.05) is 66.9 Å². The number of thioether (sulfide) groups is 1. The van der Waals surface area contributed by atoms with E-state index in [9.17, 15) is 43.2 Å². The van der Waals surface area contributed by atoms with Crippen molar-refractivity contribution in [3.8, 4) is 0 Å². The van der Waals surface area contributed by atoms with Crippen LogP contribution in [-0.4, -0.2) is 145 Å². The Bertz CT molecular complexity index is 2880. The van der Waals surface area contributed by atoms with E-state index >= 15 is 0 Å². The molecule has 0 spiro atoms. The van der Waals surface area contributed by atoms with Crippen LogP contribution in [0.15, 0.2) is 103 Å². The first kappa shape index (κ1) is 62.0. The van der Waals surface area contributed by atoms with Crippen molar-refractivity contribution in [1.29, 1.82) is 0 Å². The van der Waals surface area contributed by atoms with Gasteiger partial charge in [-0.05, 0) is 98.7 Å². The second-order valence-electron chi connectivity index (χ2n) is 19.2. The Morgan fingerprint density at radius 1 is 0.519 bits per heavy atom. The molecule has 0 fully saturated rings. The first-order valence-corrected chi connectivity index (χ1v) is 27.7. The molecule has 79 heavy (non-hydrogen) atoms. The van der Waals surface area contributed by atoms with Crippen LogP contribution in [0.5, 0.6) is 0 Å². The Labute approximate surface area is 463 Å². The zero-order chi connectivity index (χ0) is 57.4. The van der Waals surface area contributed by atoms with Crippen molar-refractivity contribution < 1.29 is 43.2 Å². The zero-order valence-corrected chi connectivity index (χ0v) is 45.8. The summed E-state index contributed by atoms with van der Waals surface area (Å²) in [4.78, 5) is 127. The number of hydrogen-bond donors (Lipinski definition) is 13. The average molecular weight is 1110 g/mol. The summed E-state index contributed by atoms with van der Waals surface area (Å²) in [5, 5.41) is 26.9. The van der Waals surface area contributed by atoms with Crippen molar-refractivity contribution in [3.63, 3.8) is 0 Å². The number of unbranched alkanes of at least 4 members (excludes halogenated alkanes) is 1. The maximum atomic E-state index is 14.6. The number of hydrogen-bond acceptors (Lipinski definition) is 13. The third-order valence-corrected chi connectivity index (χ3v) is 13.8. The molecule has 0 saturated heterocycles. The van der Waals surface area contributed by atoms with Crippen molar-refractivity contribution >= 4 is 86.6 Å². The van der Waals surface area contributed by atoms with Gasteiger partial charge >= 0.3 is 0 Å². The monoisotopic (exact) mass is 1110 g/mol. The summed E-state index contributed by atoms with van der Waals surface area (Å²) in [7, 11) is 1.56. The lowest BCUT2D eigenvalue weighted by Gasteiger charge is -2.27. The van der Waals surface area contributed by atoms with Gasteiger partial charge in [-0.1, -0.05) is 91.0 Å². The van der Waals surface area contributed by atoms with Gasteiger partial charge in [0.05, 0.1) is 6.54 Å². The molecule has 4 aromatic carbocycles. The molecule has 0 unspecified atom stereocenters. The normalized spacial score (nSPS) is 14.2. The van der Waals surface area contributed by atoms with E-state index in [0.717, 1.165) is 21.7 Å². The van der Waals surface area contributed by atoms with Crippen LogP contribution in [-0.2, 0) is 62.4 Å². The fourth-order valence-electron chi connectivity index (χ4n) is 8.81. The van der Waals surface area contributed by atoms with E-state index in [1.165, 1.54) is 25.6 Å². The van der Waals surface area contributed by atoms with Gasteiger partial charge < -0.3 is 70.0 Å². The molecule has 424 valence electrons. The molecular weight excluding hydrogens is 1030 g/mol. The molecule has 0 bridgehead atoms. The predicted octanol–water partition coefficient (Wildman–Crippen LogP) is -0.187. The number of aromatic nitrogens is 1. The van der Waals surface area contributed by atoms with Gasteiger partial charge in [-0.3, -0.25) is 43.2 Å². The highest BCUT2D eigenvalue weighted by Crippen LogP contribution is 2.22. The van der Waals surface area contributed by atoms with E-state index < -0.39 is 101 Å². The van der Waals surface area contributed by atoms with E-state index in [-0.39, 0.29) is 45.2 Å². The minimum Gasteiger partial charge on any atom is -0.368 e. The number of nitrogens with two attached hydrogens (primary N) is 3. The van der Waals surface area contributed by atoms with Crippen molar-refractivity contribution in [2.24, 2.45) is 17.2 Å². The van der Waals surface area contributed by atoms with Crippen LogP contribution in [0.1, 0.15) is 56.2 Å². The predicted molar refractivity (Wildman–Crippen MR) is 305 cm³/mol. The standard InChI is InChI=1S/C56H75N13O9S/c1-33(50(72)66-46(29-38-31-61-41-22-11-10-21-40(38)41)55(77)67-44(27-35-15-6-5-7-16-35)54(76)65-42(49(59)71)23-12-13-25-57)63-53(75)45(28-37-19-14-18-36-17-8-9-20-39(36)37)68-56(78)47(32-60-3)69-51(73)34(2)62-52(74)43(24-26-79-4)64-48(70)30-58/h5-11,14-22,31,33-34,42-47,60-61H,12-13,23-30,32,57-58H2,1-4H3,(H2,59,71)(H,62,74)(H,63,75)(H,64,70)(H,65,76)(H,66,72)(H,67,77)(H,68,78)(H,69,73)/t33-,34-,42-,43-,44+,45+,46-,47-/m0/s1. The van der Waals surface area contributed by atoms with Crippen molar-refractivity contribution in [1.82, 2.24) is 52.8 Å². The van der Waals surface area contributed by atoms with E-state index in [1.54, 1.807) is 49.6 Å². The molecule has 5 rings (SSSR count). The third-order valence-electron chi connectivity index (χ3n) is 13.2. The molecule has 1 heterocycles. The highest BCUT2D eigenvalue weighted by atomic mass is 32.2. The molecule has 1 aromatic heterocycles. The van der Waals surface area contributed by atoms with Crippen molar-refractivity contribution in [3.05, 3.63) is 120 Å². The SMILES string of the molecule is CNC[C@H](NC(=O)[C@H](C)NC(=O)[C@H](CCSC)NC(=O)CN)C(=O)N[C@H](Cc1cccc2ccccc12)C(=O)N[C@@H](C)C(=O)N[C@@H](Cc1c[nH]c2ccccc12)C(=O)N[C@H](Cc1ccccc1)C(=O)N[C@@H](CCCCN)C(N)=O. The average Bonchev–Trinajstić information content (AvgIpc) is 3.85. The number of carbonyl (C=O) groups is 9. The van der Waals surface area contributed by atoms with Gasteiger partial charge in [-0.25, -0.2) is 0 Å². The molecule has 0 aliphatic carbocycles. The molecule has 0 aliphatic rings. The number of para-hydroxylation sites is 1. The molecule has 0 radical (unpaired) electrons. The topological polar surface area (TPSA) is 356 Å². The van der Waals surface area contributed by atoms with Crippen LogP contribution in [0, 0.1) is 0 Å². The Morgan fingerprint density at radius 3 is 1.66 bits per heavy atom. The Morgan fingerprint density at radius 2 is 1.04 bits per heavy atom. The lowest BCUT2D eigenvalue weighted by atomic mass is 9.98. The first-order chi connectivity index (χ1) is 38.0. The number of rotatable bonds is 32. The maximum absolute atomic E-state index is 14.6. The summed E-state index contributed by atoms with van der Waals surface area (Å²) in [6.45, 7) is 2.78. The van der Waals surface area contributed by atoms with Gasteiger partial charge in [0.25, 0.3) is 0 Å². The van der Waals surface area contributed by atoms with Crippen molar-refractivity contribution in [2.45, 2.75) is 107 Å². The molecule has 22 nitrogen and oxygen atoms in total. The first-order valence-electron chi connectivity index (χ1n) is 26.3. The highest BCUT2D eigenvalue weighted by molar-refractivity contribution is 7.98. The smallest absolute Gasteiger partial charge is 0.244 e. The van der Waals surface area contributed by atoms with Crippen LogP contribution in [0.2, 0.25) is 0 Å². The number of benzene rings is 4. The van der Waals surface area contributed by atoms with Crippen LogP contribution in [0.3, 0.4) is 0 Å². The van der Waals surface area contributed by atoms with Crippen LogP contribution < -0.4 is 65.1 Å². The number of fused-ring (bicyclic) bond motifs is 2. The van der Waals surface area contributed by atoms with E-state index in [2.05, 4.69) is 52.8 Å². The Hall–Kier alpha value is -7.86. The largest absolute Gasteiger partial charge is 0.368 e. The van der Waals surface area contributed by atoms with Gasteiger partial charge in [0.2, 0.25) is 53.2 Å². The third kappa shape index (κ3) is 18.9. The van der Waals surface area contributed by atoms with Gasteiger partial charge in [0, 0.05) is 42.9 Å². The number of primary amides is 1. The lowest BCUT2D eigenvalue weighted by Crippen LogP contribution is -2.61. The molecule has 0 aliphatic heterocycles.